The Balaban J connectivity index is 2.19. The first-order valence-corrected chi connectivity index (χ1v) is 11.5. The molecular formula is C19H26ClN3O7S. The predicted molar refractivity (Wildman–Crippen MR) is 112 cm³/mol. The number of nitrogens with one attached hydrogen (secondary N) is 2. The molecule has 0 spiro atoms. The van der Waals surface area contributed by atoms with E-state index in [0.717, 1.165) is 6.07 Å². The number of hydrogen-bond donors (Lipinski definition) is 2. The molecule has 0 saturated carbocycles. The number of rotatable bonds is 6. The Hall–Kier alpha value is -2.21. The van der Waals surface area contributed by atoms with Crippen molar-refractivity contribution in [1.29, 1.82) is 0 Å². The van der Waals surface area contributed by atoms with Crippen molar-refractivity contribution >= 4 is 39.5 Å². The van der Waals surface area contributed by atoms with E-state index in [2.05, 4.69) is 5.32 Å². The number of carbonyl (C=O) groups is 3. The van der Waals surface area contributed by atoms with Crippen LogP contribution in [0.15, 0.2) is 23.1 Å². The summed E-state index contributed by atoms with van der Waals surface area (Å²) >= 11 is 6.12. The fraction of sp³-hybridized carbons (Fsp3) is 0.526. The molecule has 1 aromatic rings. The number of ether oxygens (including phenoxy) is 2. The Bertz CT molecular complexity index is 944. The highest BCUT2D eigenvalue weighted by molar-refractivity contribution is 7.89. The highest BCUT2D eigenvalue weighted by atomic mass is 35.5. The number of halogens is 1. The highest BCUT2D eigenvalue weighted by Gasteiger charge is 2.34. The zero-order valence-electron chi connectivity index (χ0n) is 17.7. The van der Waals surface area contributed by atoms with Crippen LogP contribution in [0.25, 0.3) is 0 Å². The monoisotopic (exact) mass is 475 g/mol. The molecule has 3 unspecified atom stereocenters. The quantitative estimate of drug-likeness (QED) is 0.596. The average Bonchev–Trinajstić information content (AvgIpc) is 2.67. The van der Waals surface area contributed by atoms with Crippen LogP contribution in [-0.2, 0) is 24.3 Å². The summed E-state index contributed by atoms with van der Waals surface area (Å²) < 4.78 is 38.1. The maximum Gasteiger partial charge on any atom is 0.338 e. The Kier molecular flexibility index (Phi) is 8.41. The zero-order valence-corrected chi connectivity index (χ0v) is 19.2. The van der Waals surface area contributed by atoms with Crippen LogP contribution in [0, 0.1) is 0 Å². The first-order chi connectivity index (χ1) is 14.4. The van der Waals surface area contributed by atoms with Crippen LogP contribution in [0.5, 0.6) is 0 Å². The van der Waals surface area contributed by atoms with Crippen molar-refractivity contribution < 1.29 is 32.3 Å². The number of morpholine rings is 1. The van der Waals surface area contributed by atoms with Crippen LogP contribution < -0.4 is 10.6 Å². The molecule has 1 saturated heterocycles. The maximum absolute atomic E-state index is 13.1. The van der Waals surface area contributed by atoms with E-state index in [1.165, 1.54) is 23.4 Å². The van der Waals surface area contributed by atoms with Crippen molar-refractivity contribution in [1.82, 2.24) is 14.9 Å². The van der Waals surface area contributed by atoms with Gasteiger partial charge in [0, 0.05) is 19.6 Å². The predicted octanol–water partition coefficient (Wildman–Crippen LogP) is 1.53. The molecule has 0 bridgehead atoms. The number of carbonyl (C=O) groups excluding carboxylic acids is 3. The van der Waals surface area contributed by atoms with Crippen molar-refractivity contribution in [2.24, 2.45) is 0 Å². The minimum atomic E-state index is -4.00. The first-order valence-electron chi connectivity index (χ1n) is 9.70. The topological polar surface area (TPSA) is 131 Å². The van der Waals surface area contributed by atoms with Gasteiger partial charge >= 0.3 is 12.0 Å². The van der Waals surface area contributed by atoms with Gasteiger partial charge in [-0.1, -0.05) is 11.6 Å². The summed E-state index contributed by atoms with van der Waals surface area (Å²) in [5.41, 5.74) is -0.102. The van der Waals surface area contributed by atoms with Gasteiger partial charge in [0.15, 0.2) is 6.10 Å². The summed E-state index contributed by atoms with van der Waals surface area (Å²) in [4.78, 5) is 35.6. The molecule has 2 N–H and O–H groups in total. The van der Waals surface area contributed by atoms with Crippen LogP contribution in [-0.4, -0.2) is 68.6 Å². The van der Waals surface area contributed by atoms with Gasteiger partial charge in [-0.15, -0.1) is 0 Å². The summed E-state index contributed by atoms with van der Waals surface area (Å²) in [7, 11) is -4.00. The summed E-state index contributed by atoms with van der Waals surface area (Å²) in [6, 6.07) is 2.96. The van der Waals surface area contributed by atoms with E-state index in [0.29, 0.717) is 6.54 Å². The van der Waals surface area contributed by atoms with E-state index in [1.807, 2.05) is 5.32 Å². The SMILES string of the molecule is CCNC(=O)NC(=O)C(C)OC(=O)c1ccc(Cl)c(S(=O)(=O)N2CC(C)OC(C)C2)c1. The number of amides is 3. The summed E-state index contributed by atoms with van der Waals surface area (Å²) in [6.45, 7) is 7.11. The van der Waals surface area contributed by atoms with Crippen LogP contribution >= 0.6 is 11.6 Å². The fourth-order valence-corrected chi connectivity index (χ4v) is 5.09. The van der Waals surface area contributed by atoms with E-state index < -0.39 is 34.0 Å². The van der Waals surface area contributed by atoms with Crippen molar-refractivity contribution in [3.05, 3.63) is 28.8 Å². The van der Waals surface area contributed by atoms with Crippen molar-refractivity contribution in [3.8, 4) is 0 Å². The largest absolute Gasteiger partial charge is 0.449 e. The van der Waals surface area contributed by atoms with Gasteiger partial charge in [0.2, 0.25) is 10.0 Å². The van der Waals surface area contributed by atoms with E-state index in [9.17, 15) is 22.8 Å². The number of urea groups is 1. The average molecular weight is 476 g/mol. The second-order valence-electron chi connectivity index (χ2n) is 7.12. The molecule has 3 atom stereocenters. The number of hydrogen-bond acceptors (Lipinski definition) is 7. The normalized spacial score (nSPS) is 20.5. The van der Waals surface area contributed by atoms with Gasteiger partial charge in [0.25, 0.3) is 5.91 Å². The molecule has 0 radical (unpaired) electrons. The molecule has 0 aliphatic carbocycles. The van der Waals surface area contributed by atoms with Gasteiger partial charge in [0.1, 0.15) is 4.90 Å². The van der Waals surface area contributed by atoms with E-state index in [4.69, 9.17) is 21.1 Å². The first kappa shape index (κ1) is 25.1. The summed E-state index contributed by atoms with van der Waals surface area (Å²) in [5.74, 6) is -1.76. The molecule has 3 amide bonds. The minimum Gasteiger partial charge on any atom is -0.449 e. The Labute approximate surface area is 186 Å². The van der Waals surface area contributed by atoms with Crippen LogP contribution in [0.2, 0.25) is 5.02 Å². The Morgan fingerprint density at radius 2 is 1.87 bits per heavy atom. The van der Waals surface area contributed by atoms with Crippen molar-refractivity contribution in [3.63, 3.8) is 0 Å². The Morgan fingerprint density at radius 3 is 2.45 bits per heavy atom. The lowest BCUT2D eigenvalue weighted by molar-refractivity contribution is -0.127. The van der Waals surface area contributed by atoms with Crippen LogP contribution in [0.3, 0.4) is 0 Å². The number of imide groups is 1. The number of nitrogens with zero attached hydrogens (tertiary/aromatic N) is 1. The summed E-state index contributed by atoms with van der Waals surface area (Å²) in [5, 5.41) is 4.36. The third-order valence-corrected chi connectivity index (χ3v) is 6.71. The molecule has 12 heteroatoms. The molecule has 2 rings (SSSR count). The molecule has 172 valence electrons. The second kappa shape index (κ2) is 10.4. The van der Waals surface area contributed by atoms with E-state index in [1.54, 1.807) is 20.8 Å². The lowest BCUT2D eigenvalue weighted by Gasteiger charge is -2.34. The molecular weight excluding hydrogens is 450 g/mol. The van der Waals surface area contributed by atoms with Gasteiger partial charge in [0.05, 0.1) is 22.8 Å². The fourth-order valence-electron chi connectivity index (χ4n) is 2.99. The third-order valence-electron chi connectivity index (χ3n) is 4.40. The van der Waals surface area contributed by atoms with Crippen LogP contribution in [0.1, 0.15) is 38.1 Å². The van der Waals surface area contributed by atoms with Crippen LogP contribution in [0.4, 0.5) is 4.79 Å². The molecule has 31 heavy (non-hydrogen) atoms. The second-order valence-corrected chi connectivity index (χ2v) is 9.43. The van der Waals surface area contributed by atoms with Gasteiger partial charge < -0.3 is 14.8 Å². The maximum atomic E-state index is 13.1. The van der Waals surface area contributed by atoms with Crippen molar-refractivity contribution in [2.75, 3.05) is 19.6 Å². The molecule has 10 nitrogen and oxygen atoms in total. The minimum absolute atomic E-state index is 0.0506. The van der Waals surface area contributed by atoms with Crippen molar-refractivity contribution in [2.45, 2.75) is 50.9 Å². The standard InChI is InChI=1S/C19H26ClN3O7S/c1-5-21-19(26)22-17(24)13(4)30-18(25)14-6-7-15(20)16(8-14)31(27,28)23-9-11(2)29-12(3)10-23/h6-8,11-13H,5,9-10H2,1-4H3,(H2,21,22,24,26). The van der Waals surface area contributed by atoms with E-state index >= 15 is 0 Å². The zero-order chi connectivity index (χ0) is 23.3. The highest BCUT2D eigenvalue weighted by Crippen LogP contribution is 2.28. The molecule has 1 aromatic carbocycles. The van der Waals surface area contributed by atoms with Gasteiger partial charge in [-0.2, -0.15) is 4.31 Å². The smallest absolute Gasteiger partial charge is 0.338 e. The summed E-state index contributed by atoms with van der Waals surface area (Å²) in [6.07, 6.45) is -1.88. The van der Waals surface area contributed by atoms with Gasteiger partial charge in [-0.3, -0.25) is 10.1 Å². The lowest BCUT2D eigenvalue weighted by Crippen LogP contribution is -2.48. The lowest BCUT2D eigenvalue weighted by atomic mass is 10.2. The molecule has 1 aliphatic rings. The van der Waals surface area contributed by atoms with E-state index in [-0.39, 0.29) is 40.8 Å². The molecule has 1 heterocycles. The number of benzene rings is 1. The van der Waals surface area contributed by atoms with Gasteiger partial charge in [-0.25, -0.2) is 18.0 Å². The molecule has 0 aromatic heterocycles. The number of sulfonamides is 1. The van der Waals surface area contributed by atoms with Gasteiger partial charge in [-0.05, 0) is 45.9 Å². The molecule has 1 aliphatic heterocycles. The third kappa shape index (κ3) is 6.39. The molecule has 1 fully saturated rings. The number of esters is 1. The Morgan fingerprint density at radius 1 is 1.26 bits per heavy atom.